The SMILES string of the molecule is CC(C)(C)c1cc(N2[CH-]N(c3[c-]c([Si](c4[c-]c5c(cc4)c4cc(-c6ccccc6)ccc4n5-c4cc(C(C)(C)c5ccccc5)ccn4)(c4ccccc4)c4ccccc4)ccc3)c3ccccc32)cc(C(C)(C)C)c1.[Pt]. The van der Waals surface area contributed by atoms with Crippen molar-refractivity contribution in [3.8, 4) is 16.9 Å². The first-order valence-corrected chi connectivity index (χ1v) is 28.6. The number of fused-ring (bicyclic) bond motifs is 4. The van der Waals surface area contributed by atoms with Crippen molar-refractivity contribution in [3.05, 3.63) is 272 Å². The molecule has 0 fully saturated rings. The van der Waals surface area contributed by atoms with Crippen LogP contribution >= 0.6 is 0 Å². The third-order valence-electron chi connectivity index (χ3n) is 15.8. The first-order chi connectivity index (χ1) is 36.7. The maximum atomic E-state index is 5.21. The summed E-state index contributed by atoms with van der Waals surface area (Å²) in [6, 6.07) is 90.9. The van der Waals surface area contributed by atoms with Gasteiger partial charge in [0, 0.05) is 55.3 Å². The van der Waals surface area contributed by atoms with Gasteiger partial charge in [0.25, 0.3) is 0 Å². The molecular formula is C71H63N4PtSi-3. The van der Waals surface area contributed by atoms with Gasteiger partial charge < -0.3 is 14.4 Å². The van der Waals surface area contributed by atoms with E-state index in [0.717, 1.165) is 60.7 Å². The molecule has 1 aliphatic rings. The van der Waals surface area contributed by atoms with Crippen LogP contribution < -0.4 is 30.5 Å². The van der Waals surface area contributed by atoms with E-state index in [1.165, 1.54) is 43.8 Å². The molecule has 2 aromatic heterocycles. The van der Waals surface area contributed by atoms with Gasteiger partial charge >= 0.3 is 0 Å². The molecule has 4 nitrogen and oxygen atoms in total. The Hall–Kier alpha value is -7.56. The summed E-state index contributed by atoms with van der Waals surface area (Å²) in [4.78, 5) is 9.91. The molecule has 0 spiro atoms. The normalized spacial score (nSPS) is 13.0. The fourth-order valence-corrected chi connectivity index (χ4v) is 16.0. The zero-order valence-corrected chi connectivity index (χ0v) is 48.4. The summed E-state index contributed by atoms with van der Waals surface area (Å²) in [5.74, 6) is 0.859. The van der Waals surface area contributed by atoms with Crippen molar-refractivity contribution in [1.82, 2.24) is 9.55 Å². The van der Waals surface area contributed by atoms with Gasteiger partial charge in [0.05, 0.1) is 0 Å². The minimum Gasteiger partial charge on any atom is -0.493 e. The van der Waals surface area contributed by atoms with Crippen LogP contribution in [0.25, 0.3) is 38.8 Å². The molecule has 0 saturated heterocycles. The standard InChI is InChI=1S/C71H63N4Si.Pt/c1-69(2,3)54-43-55(70(4,5)6)45-57(44-54)74-49-73(65-34-21-22-35-66(65)74)56-28-23-33-60(47-56)76(58-29-17-11-18-30-58,59-31-19-12-20-32-59)61-37-38-62-63-42-51(50-24-13-9-14-25-50)36-39-64(63)75(67(62)48-61)68-46-53(40-41-72-68)71(7,8)52-26-15-10-16-27-52;/h9-46,49H,1-8H3;/q-3;. The molecular weight excluding hydrogens is 1130 g/mol. The zero-order valence-electron chi connectivity index (χ0n) is 45.1. The van der Waals surface area contributed by atoms with Crippen molar-refractivity contribution in [2.75, 3.05) is 9.80 Å². The van der Waals surface area contributed by atoms with E-state index in [4.69, 9.17) is 4.98 Å². The second-order valence-corrected chi connectivity index (χ2v) is 26.7. The first-order valence-electron chi connectivity index (χ1n) is 26.6. The number of benzene rings is 9. The van der Waals surface area contributed by atoms with Crippen LogP contribution in [0.1, 0.15) is 77.6 Å². The van der Waals surface area contributed by atoms with Gasteiger partial charge in [-0.15, -0.1) is 17.7 Å². The topological polar surface area (TPSA) is 24.3 Å². The molecule has 384 valence electrons. The molecule has 9 aromatic carbocycles. The number of hydrogen-bond acceptors (Lipinski definition) is 3. The van der Waals surface area contributed by atoms with Crippen LogP contribution in [0.2, 0.25) is 0 Å². The molecule has 12 rings (SSSR count). The molecule has 0 atom stereocenters. The summed E-state index contributed by atoms with van der Waals surface area (Å²) in [5.41, 5.74) is 13.5. The van der Waals surface area contributed by atoms with Crippen molar-refractivity contribution in [1.29, 1.82) is 0 Å². The van der Waals surface area contributed by atoms with E-state index in [0.29, 0.717) is 0 Å². The molecule has 0 unspecified atom stereocenters. The van der Waals surface area contributed by atoms with E-state index in [2.05, 4.69) is 313 Å². The van der Waals surface area contributed by atoms with Gasteiger partial charge in [0.2, 0.25) is 0 Å². The number of pyridine rings is 1. The maximum absolute atomic E-state index is 5.21. The van der Waals surface area contributed by atoms with Crippen LogP contribution in [-0.4, -0.2) is 17.6 Å². The van der Waals surface area contributed by atoms with E-state index < -0.39 is 8.07 Å². The maximum Gasteiger partial charge on any atom is 0.135 e. The molecule has 1 aliphatic heterocycles. The predicted molar refractivity (Wildman–Crippen MR) is 323 cm³/mol. The minimum absolute atomic E-state index is 0. The summed E-state index contributed by atoms with van der Waals surface area (Å²) in [6.07, 6.45) is 1.97. The second kappa shape index (κ2) is 20.1. The molecule has 0 saturated carbocycles. The molecule has 0 amide bonds. The fraction of sp³-hybridized carbons (Fsp3) is 0.155. The molecule has 77 heavy (non-hydrogen) atoms. The average Bonchev–Trinajstić information content (AvgIpc) is 4.27. The van der Waals surface area contributed by atoms with Gasteiger partial charge in [0.15, 0.2) is 0 Å². The zero-order chi connectivity index (χ0) is 52.4. The van der Waals surface area contributed by atoms with E-state index >= 15 is 0 Å². The van der Waals surface area contributed by atoms with Crippen LogP contribution in [-0.2, 0) is 37.3 Å². The Morgan fingerprint density at radius 2 is 1.01 bits per heavy atom. The summed E-state index contributed by atoms with van der Waals surface area (Å²) in [6.45, 7) is 20.7. The fourth-order valence-electron chi connectivity index (χ4n) is 11.4. The number of anilines is 4. The summed E-state index contributed by atoms with van der Waals surface area (Å²) in [7, 11) is -3.25. The van der Waals surface area contributed by atoms with Gasteiger partial charge in [-0.25, -0.2) is 4.98 Å². The number of hydrogen-bond donors (Lipinski definition) is 0. The molecule has 0 bridgehead atoms. The largest absolute Gasteiger partial charge is 0.493 e. The Bertz CT molecular complexity index is 3840. The van der Waals surface area contributed by atoms with Crippen LogP contribution in [0.4, 0.5) is 22.7 Å². The number of aromatic nitrogens is 2. The van der Waals surface area contributed by atoms with Gasteiger partial charge in [-0.3, -0.25) is 0 Å². The van der Waals surface area contributed by atoms with Crippen LogP contribution in [0, 0.1) is 18.8 Å². The van der Waals surface area contributed by atoms with Gasteiger partial charge in [-0.1, -0.05) is 213 Å². The molecule has 11 aromatic rings. The average molecular weight is 1200 g/mol. The van der Waals surface area contributed by atoms with Crippen LogP contribution in [0.15, 0.2) is 231 Å². The summed E-state index contributed by atoms with van der Waals surface area (Å²) in [5, 5.41) is 7.08. The number of rotatable bonds is 10. The molecule has 0 aliphatic carbocycles. The van der Waals surface area contributed by atoms with E-state index in [-0.39, 0.29) is 37.3 Å². The van der Waals surface area contributed by atoms with Crippen LogP contribution in [0.3, 0.4) is 0 Å². The van der Waals surface area contributed by atoms with Crippen molar-refractivity contribution in [2.45, 2.75) is 71.6 Å². The third-order valence-corrected chi connectivity index (χ3v) is 20.4. The van der Waals surface area contributed by atoms with Crippen LogP contribution in [0.5, 0.6) is 0 Å². The predicted octanol–water partition coefficient (Wildman–Crippen LogP) is 15.2. The molecule has 0 radical (unpaired) electrons. The van der Waals surface area contributed by atoms with Gasteiger partial charge in [0.1, 0.15) is 13.9 Å². The minimum atomic E-state index is -3.25. The van der Waals surface area contributed by atoms with E-state index in [1.807, 2.05) is 6.20 Å². The Morgan fingerprint density at radius 3 is 1.64 bits per heavy atom. The van der Waals surface area contributed by atoms with Crippen molar-refractivity contribution in [3.63, 3.8) is 0 Å². The Kier molecular flexibility index (Phi) is 13.5. The quantitative estimate of drug-likeness (QED) is 0.0775. The Balaban J connectivity index is 0.00000631. The van der Waals surface area contributed by atoms with E-state index in [1.54, 1.807) is 0 Å². The first kappa shape index (κ1) is 51.5. The third kappa shape index (κ3) is 9.18. The van der Waals surface area contributed by atoms with Crippen molar-refractivity contribution < 1.29 is 21.1 Å². The van der Waals surface area contributed by atoms with Gasteiger partial charge in [-0.2, -0.15) is 52.8 Å². The Morgan fingerprint density at radius 1 is 0.442 bits per heavy atom. The van der Waals surface area contributed by atoms with E-state index in [9.17, 15) is 0 Å². The van der Waals surface area contributed by atoms with Crippen molar-refractivity contribution >= 4 is 73.4 Å². The monoisotopic (exact) mass is 1190 g/mol. The summed E-state index contributed by atoms with van der Waals surface area (Å²) < 4.78 is 2.35. The smallest absolute Gasteiger partial charge is 0.135 e. The number of nitrogens with zero attached hydrogens (tertiary/aromatic N) is 4. The number of para-hydroxylation sites is 2. The second-order valence-electron chi connectivity index (χ2n) is 23.0. The van der Waals surface area contributed by atoms with Crippen molar-refractivity contribution in [2.24, 2.45) is 0 Å². The summed E-state index contributed by atoms with van der Waals surface area (Å²) >= 11 is 0. The van der Waals surface area contributed by atoms with Gasteiger partial charge in [-0.05, 0) is 102 Å². The Labute approximate surface area is 471 Å². The molecule has 6 heteroatoms. The molecule has 0 N–H and O–H groups in total. The molecule has 3 heterocycles.